The minimum Gasteiger partial charge on any atom is -0.561 e. The van der Waals surface area contributed by atoms with Gasteiger partial charge in [-0.2, -0.15) is 0 Å². The van der Waals surface area contributed by atoms with Crippen LogP contribution in [-0.4, -0.2) is 37.8 Å². The fourth-order valence-corrected chi connectivity index (χ4v) is 1.22. The molecule has 6 heteroatoms. The second-order valence-electron chi connectivity index (χ2n) is 2.98. The molecular formula is C8H11O6+. The molecule has 0 saturated carbocycles. The normalized spacial score (nSPS) is 22.5. The monoisotopic (exact) mass is 203 g/mol. The predicted molar refractivity (Wildman–Crippen MR) is 45.3 cm³/mol. The highest BCUT2D eigenvalue weighted by molar-refractivity contribution is 5.90. The number of carbonyl (C=O) groups is 1. The summed E-state index contributed by atoms with van der Waals surface area (Å²) in [5.41, 5.74) is -0.320. The quantitative estimate of drug-likeness (QED) is 0.332. The van der Waals surface area contributed by atoms with E-state index < -0.39 is 29.7 Å². The average Bonchev–Trinajstić information content (AvgIpc) is 2.07. The number of aliphatic hydroxyl groups excluding tert-OH is 3. The molecule has 6 N–H and O–H groups in total. The summed E-state index contributed by atoms with van der Waals surface area (Å²) in [5, 5.41) is 42.8. The Morgan fingerprint density at radius 2 is 2.07 bits per heavy atom. The van der Waals surface area contributed by atoms with Gasteiger partial charge in [-0.15, -0.1) is 0 Å². The van der Waals surface area contributed by atoms with Crippen molar-refractivity contribution in [1.82, 2.24) is 0 Å². The molecule has 0 aromatic carbocycles. The minimum absolute atomic E-state index is 0.264. The molecule has 0 amide bonds. The van der Waals surface area contributed by atoms with Gasteiger partial charge in [-0.05, 0) is 0 Å². The van der Waals surface area contributed by atoms with Crippen LogP contribution < -0.4 is 0 Å². The lowest BCUT2D eigenvalue weighted by molar-refractivity contribution is -0.132. The smallest absolute Gasteiger partial charge is 0.552 e. The Hall–Kier alpha value is -1.53. The molecule has 1 aliphatic rings. The Morgan fingerprint density at radius 1 is 1.50 bits per heavy atom. The van der Waals surface area contributed by atoms with Crippen LogP contribution in [0.2, 0.25) is 0 Å². The molecule has 0 radical (unpaired) electrons. The summed E-state index contributed by atoms with van der Waals surface area (Å²) in [6.07, 6.45) is -1.20. The van der Waals surface area contributed by atoms with Crippen molar-refractivity contribution < 1.29 is 30.3 Å². The van der Waals surface area contributed by atoms with Crippen LogP contribution >= 0.6 is 0 Å². The second-order valence-corrected chi connectivity index (χ2v) is 2.98. The Morgan fingerprint density at radius 3 is 2.50 bits per heavy atom. The van der Waals surface area contributed by atoms with Gasteiger partial charge in [0.15, 0.2) is 11.9 Å². The summed E-state index contributed by atoms with van der Waals surface area (Å²) in [6, 6.07) is 0. The van der Waals surface area contributed by atoms with Gasteiger partial charge in [-0.3, -0.25) is 0 Å². The summed E-state index contributed by atoms with van der Waals surface area (Å²) in [4.78, 5) is 10.6. The Balaban J connectivity index is 2.98. The molecule has 1 atom stereocenters. The number of hydrogen-bond donors (Lipinski definition) is 4. The lowest BCUT2D eigenvalue weighted by Crippen LogP contribution is -2.26. The zero-order chi connectivity index (χ0) is 10.9. The number of rotatable bonds is 2. The van der Waals surface area contributed by atoms with E-state index in [4.69, 9.17) is 15.3 Å². The van der Waals surface area contributed by atoms with E-state index >= 15 is 0 Å². The van der Waals surface area contributed by atoms with Crippen molar-refractivity contribution in [2.24, 2.45) is 5.92 Å². The highest BCUT2D eigenvalue weighted by Gasteiger charge is 2.32. The van der Waals surface area contributed by atoms with Crippen LogP contribution in [0.25, 0.3) is 0 Å². The predicted octanol–water partition coefficient (Wildman–Crippen LogP) is -1.18. The van der Waals surface area contributed by atoms with Crippen molar-refractivity contribution in [3.05, 3.63) is 23.2 Å². The molecule has 0 aromatic rings. The lowest BCUT2D eigenvalue weighted by atomic mass is 9.92. The van der Waals surface area contributed by atoms with E-state index in [-0.39, 0.29) is 12.0 Å². The van der Waals surface area contributed by atoms with Crippen molar-refractivity contribution in [3.8, 4) is 0 Å². The first kappa shape index (κ1) is 10.6. The molecule has 0 bridgehead atoms. The summed E-state index contributed by atoms with van der Waals surface area (Å²) < 4.78 is 0. The third-order valence-corrected chi connectivity index (χ3v) is 2.00. The van der Waals surface area contributed by atoms with Crippen LogP contribution in [0.1, 0.15) is 6.42 Å². The molecule has 0 heterocycles. The van der Waals surface area contributed by atoms with Crippen LogP contribution in [0.3, 0.4) is 0 Å². The molecule has 14 heavy (non-hydrogen) atoms. The van der Waals surface area contributed by atoms with E-state index in [0.29, 0.717) is 0 Å². The number of hydrogen-bond acceptors (Lipinski definition) is 5. The maximum atomic E-state index is 10.6. The first-order chi connectivity index (χ1) is 6.43. The summed E-state index contributed by atoms with van der Waals surface area (Å²) in [5.74, 6) is -3.01. The van der Waals surface area contributed by atoms with Crippen LogP contribution in [0, 0.1) is 5.92 Å². The molecule has 1 aliphatic carbocycles. The molecule has 0 spiro atoms. The highest BCUT2D eigenvalue weighted by atomic mass is 16.5. The standard InChI is InChI=1S/C8H10O6/c9-5-1-3(7(11)12)6(10)2-4(5)8(13)14/h1,4,8-10,13-14H,2H2,(H,11,12)/p+1. The Bertz CT molecular complexity index is 314. The van der Waals surface area contributed by atoms with Crippen molar-refractivity contribution in [3.63, 3.8) is 0 Å². The maximum absolute atomic E-state index is 10.6. The Labute approximate surface area is 79.0 Å². The van der Waals surface area contributed by atoms with Gasteiger partial charge in [0.05, 0.1) is 5.92 Å². The third kappa shape index (κ3) is 1.86. The molecule has 0 saturated heterocycles. The van der Waals surface area contributed by atoms with Crippen molar-refractivity contribution in [1.29, 1.82) is 0 Å². The third-order valence-electron chi connectivity index (χ3n) is 2.00. The van der Waals surface area contributed by atoms with Gasteiger partial charge in [0.1, 0.15) is 11.5 Å². The van der Waals surface area contributed by atoms with Crippen molar-refractivity contribution in [2.75, 3.05) is 0 Å². The second kappa shape index (κ2) is 3.69. The minimum atomic E-state index is -1.81. The van der Waals surface area contributed by atoms with Crippen LogP contribution in [0.4, 0.5) is 0 Å². The van der Waals surface area contributed by atoms with Gasteiger partial charge < -0.3 is 25.5 Å². The van der Waals surface area contributed by atoms with Gasteiger partial charge >= 0.3 is 5.97 Å². The molecule has 0 fully saturated rings. The fourth-order valence-electron chi connectivity index (χ4n) is 1.22. The number of carbonyl (C=O) groups excluding carboxylic acids is 1. The van der Waals surface area contributed by atoms with E-state index in [2.05, 4.69) is 0 Å². The van der Waals surface area contributed by atoms with E-state index in [1.807, 2.05) is 0 Å². The highest BCUT2D eigenvalue weighted by Crippen LogP contribution is 2.28. The number of allylic oxidation sites excluding steroid dienone is 1. The van der Waals surface area contributed by atoms with Gasteiger partial charge in [0, 0.05) is 17.3 Å². The van der Waals surface area contributed by atoms with Gasteiger partial charge in [0.2, 0.25) is 0 Å². The lowest BCUT2D eigenvalue weighted by Gasteiger charge is -2.21. The summed E-state index contributed by atoms with van der Waals surface area (Å²) >= 11 is 0. The molecule has 0 aliphatic heterocycles. The van der Waals surface area contributed by atoms with Crippen LogP contribution in [-0.2, 0) is 4.79 Å². The van der Waals surface area contributed by atoms with E-state index in [0.717, 1.165) is 6.08 Å². The van der Waals surface area contributed by atoms with E-state index in [1.165, 1.54) is 0 Å². The summed E-state index contributed by atoms with van der Waals surface area (Å²) in [6.45, 7) is 0. The zero-order valence-electron chi connectivity index (χ0n) is 7.14. The number of aliphatic hydroxyl groups is 4. The van der Waals surface area contributed by atoms with Crippen molar-refractivity contribution >= 4 is 5.97 Å². The topological polar surface area (TPSA) is 121 Å². The van der Waals surface area contributed by atoms with Crippen LogP contribution in [0.15, 0.2) is 23.2 Å². The molecule has 1 rings (SSSR count). The van der Waals surface area contributed by atoms with Crippen molar-refractivity contribution in [2.45, 2.75) is 12.7 Å². The first-order valence-corrected chi connectivity index (χ1v) is 3.88. The van der Waals surface area contributed by atoms with E-state index in [9.17, 15) is 15.0 Å². The molecule has 1 unspecified atom stereocenters. The molecular weight excluding hydrogens is 192 g/mol. The SMILES string of the molecule is O=C([OH2+])C1=C(O)CC(C(O)O)C(O)=C1. The van der Waals surface area contributed by atoms with Crippen LogP contribution in [0.5, 0.6) is 0 Å². The largest absolute Gasteiger partial charge is 0.561 e. The van der Waals surface area contributed by atoms with Gasteiger partial charge in [-0.1, -0.05) is 0 Å². The fraction of sp³-hybridized carbons (Fsp3) is 0.375. The van der Waals surface area contributed by atoms with Gasteiger partial charge in [0.25, 0.3) is 0 Å². The maximum Gasteiger partial charge on any atom is 0.552 e. The average molecular weight is 203 g/mol. The first-order valence-electron chi connectivity index (χ1n) is 3.88. The molecule has 6 nitrogen and oxygen atoms in total. The zero-order valence-corrected chi connectivity index (χ0v) is 7.14. The van der Waals surface area contributed by atoms with E-state index in [1.54, 1.807) is 0 Å². The molecule has 78 valence electrons. The Kier molecular flexibility index (Phi) is 2.78. The van der Waals surface area contributed by atoms with Gasteiger partial charge in [-0.25, -0.2) is 0 Å². The summed E-state index contributed by atoms with van der Waals surface area (Å²) in [7, 11) is 0. The molecule has 0 aromatic heterocycles.